The molecule has 0 unspecified atom stereocenters. The van der Waals surface area contributed by atoms with E-state index in [-0.39, 0.29) is 5.91 Å². The second-order valence-electron chi connectivity index (χ2n) is 6.03. The second-order valence-corrected chi connectivity index (χ2v) is 6.03. The maximum Gasteiger partial charge on any atom is 0.259 e. The molecule has 1 N–H and O–H groups in total. The van der Waals surface area contributed by atoms with Crippen molar-refractivity contribution in [3.8, 4) is 17.5 Å². The molecule has 2 heterocycles. The SMILES string of the molecule is N#CCCn1cc(C(=O)Nc2ccccc2)c(-c2cc3ccccc3o2)n1. The lowest BCUT2D eigenvalue weighted by atomic mass is 10.1. The maximum absolute atomic E-state index is 12.8. The largest absolute Gasteiger partial charge is 0.454 e. The third-order valence-corrected chi connectivity index (χ3v) is 4.15. The molecule has 0 spiro atoms. The highest BCUT2D eigenvalue weighted by atomic mass is 16.3. The molecule has 0 aliphatic heterocycles. The molecule has 1 amide bonds. The van der Waals surface area contributed by atoms with E-state index < -0.39 is 0 Å². The Hall–Kier alpha value is -3.85. The Morgan fingerprint density at radius 1 is 1.15 bits per heavy atom. The molecule has 4 aromatic rings. The van der Waals surface area contributed by atoms with Crippen LogP contribution in [-0.2, 0) is 6.54 Å². The number of carbonyl (C=O) groups is 1. The number of anilines is 1. The number of nitrogens with zero attached hydrogens (tertiary/aromatic N) is 3. The maximum atomic E-state index is 12.8. The van der Waals surface area contributed by atoms with Gasteiger partial charge in [-0.25, -0.2) is 0 Å². The average molecular weight is 356 g/mol. The molecule has 0 bridgehead atoms. The molecule has 0 aliphatic carbocycles. The van der Waals surface area contributed by atoms with Crippen LogP contribution in [0.2, 0.25) is 0 Å². The summed E-state index contributed by atoms with van der Waals surface area (Å²) in [6.45, 7) is 0.405. The number of hydrogen-bond acceptors (Lipinski definition) is 4. The number of hydrogen-bond donors (Lipinski definition) is 1. The Balaban J connectivity index is 1.74. The first kappa shape index (κ1) is 16.6. The molecule has 2 aromatic heterocycles. The van der Waals surface area contributed by atoms with Crippen LogP contribution in [0.4, 0.5) is 5.69 Å². The highest BCUT2D eigenvalue weighted by molar-refractivity contribution is 6.08. The number of carbonyl (C=O) groups excluding carboxylic acids is 1. The molecular weight excluding hydrogens is 340 g/mol. The van der Waals surface area contributed by atoms with Crippen molar-refractivity contribution in [1.82, 2.24) is 9.78 Å². The van der Waals surface area contributed by atoms with Crippen LogP contribution in [0.5, 0.6) is 0 Å². The number of aryl methyl sites for hydroxylation is 1. The number of nitrogens with one attached hydrogen (secondary N) is 1. The molecule has 0 radical (unpaired) electrons. The predicted octanol–water partition coefficient (Wildman–Crippen LogP) is 4.46. The van der Waals surface area contributed by atoms with Crippen molar-refractivity contribution in [1.29, 1.82) is 5.26 Å². The van der Waals surface area contributed by atoms with Crippen LogP contribution in [-0.4, -0.2) is 15.7 Å². The molecule has 0 saturated carbocycles. The molecule has 27 heavy (non-hydrogen) atoms. The van der Waals surface area contributed by atoms with E-state index in [0.717, 1.165) is 11.0 Å². The third-order valence-electron chi connectivity index (χ3n) is 4.15. The van der Waals surface area contributed by atoms with Crippen LogP contribution in [0.1, 0.15) is 16.8 Å². The normalized spacial score (nSPS) is 10.6. The van der Waals surface area contributed by atoms with Gasteiger partial charge < -0.3 is 9.73 Å². The first-order valence-corrected chi connectivity index (χ1v) is 8.54. The second kappa shape index (κ2) is 7.18. The first-order chi connectivity index (χ1) is 13.2. The Kier molecular flexibility index (Phi) is 4.42. The van der Waals surface area contributed by atoms with E-state index in [1.807, 2.05) is 60.7 Å². The molecule has 0 saturated heterocycles. The molecule has 0 aliphatic rings. The fraction of sp³-hybridized carbons (Fsp3) is 0.0952. The van der Waals surface area contributed by atoms with Gasteiger partial charge in [-0.3, -0.25) is 9.48 Å². The molecule has 6 nitrogen and oxygen atoms in total. The van der Waals surface area contributed by atoms with Gasteiger partial charge in [-0.15, -0.1) is 0 Å². The smallest absolute Gasteiger partial charge is 0.259 e. The Morgan fingerprint density at radius 2 is 1.93 bits per heavy atom. The van der Waals surface area contributed by atoms with Crippen molar-refractivity contribution >= 4 is 22.6 Å². The average Bonchev–Trinajstić information content (AvgIpc) is 3.31. The summed E-state index contributed by atoms with van der Waals surface area (Å²) in [5, 5.41) is 17.1. The fourth-order valence-electron chi connectivity index (χ4n) is 2.87. The van der Waals surface area contributed by atoms with Crippen LogP contribution < -0.4 is 5.32 Å². The number of aromatic nitrogens is 2. The van der Waals surface area contributed by atoms with E-state index in [9.17, 15) is 4.79 Å². The van der Waals surface area contributed by atoms with E-state index >= 15 is 0 Å². The summed E-state index contributed by atoms with van der Waals surface area (Å²) in [6.07, 6.45) is 1.96. The number of fused-ring (bicyclic) bond motifs is 1. The molecule has 0 fully saturated rings. The van der Waals surface area contributed by atoms with Crippen molar-refractivity contribution in [3.63, 3.8) is 0 Å². The standard InChI is InChI=1S/C21H16N4O2/c22-11-6-12-25-14-17(21(26)23-16-8-2-1-3-9-16)20(24-25)19-13-15-7-4-5-10-18(15)27-19/h1-5,7-10,13-14H,6,12H2,(H,23,26). The topological polar surface area (TPSA) is 83.9 Å². The lowest BCUT2D eigenvalue weighted by Gasteiger charge is -2.04. The Bertz CT molecular complexity index is 1100. The summed E-state index contributed by atoms with van der Waals surface area (Å²) in [7, 11) is 0. The zero-order valence-corrected chi connectivity index (χ0v) is 14.4. The Labute approximate surface area is 155 Å². The van der Waals surface area contributed by atoms with Crippen LogP contribution >= 0.6 is 0 Å². The van der Waals surface area contributed by atoms with Crippen molar-refractivity contribution in [2.24, 2.45) is 0 Å². The number of para-hydroxylation sites is 2. The van der Waals surface area contributed by atoms with Gasteiger partial charge in [0.25, 0.3) is 5.91 Å². The monoisotopic (exact) mass is 356 g/mol. The van der Waals surface area contributed by atoms with Gasteiger partial charge >= 0.3 is 0 Å². The summed E-state index contributed by atoms with van der Waals surface area (Å²) in [5.74, 6) is 0.241. The highest BCUT2D eigenvalue weighted by Gasteiger charge is 2.21. The highest BCUT2D eigenvalue weighted by Crippen LogP contribution is 2.29. The predicted molar refractivity (Wildman–Crippen MR) is 102 cm³/mol. The summed E-state index contributed by atoms with van der Waals surface area (Å²) >= 11 is 0. The van der Waals surface area contributed by atoms with E-state index in [4.69, 9.17) is 9.68 Å². The van der Waals surface area contributed by atoms with Gasteiger partial charge in [0.1, 0.15) is 11.3 Å². The van der Waals surface area contributed by atoms with Crippen molar-refractivity contribution in [3.05, 3.63) is 72.4 Å². The van der Waals surface area contributed by atoms with Gasteiger partial charge in [0.2, 0.25) is 0 Å². The van der Waals surface area contributed by atoms with Crippen LogP contribution in [0, 0.1) is 11.3 Å². The van der Waals surface area contributed by atoms with Gasteiger partial charge in [0, 0.05) is 17.3 Å². The summed E-state index contributed by atoms with van der Waals surface area (Å²) in [4.78, 5) is 12.8. The molecule has 6 heteroatoms. The summed E-state index contributed by atoms with van der Waals surface area (Å²) in [6, 6.07) is 20.8. The molecule has 2 aromatic carbocycles. The van der Waals surface area contributed by atoms with Crippen LogP contribution in [0.3, 0.4) is 0 Å². The molecule has 0 atom stereocenters. The van der Waals surface area contributed by atoms with Gasteiger partial charge in [-0.05, 0) is 24.3 Å². The van der Waals surface area contributed by atoms with E-state index in [1.54, 1.807) is 10.9 Å². The number of benzene rings is 2. The lowest BCUT2D eigenvalue weighted by Crippen LogP contribution is -2.12. The minimum absolute atomic E-state index is 0.278. The number of amides is 1. The number of furan rings is 1. The summed E-state index contributed by atoms with van der Waals surface area (Å²) in [5.41, 5.74) is 2.28. The van der Waals surface area contributed by atoms with Crippen LogP contribution in [0.15, 0.2) is 71.3 Å². The quantitative estimate of drug-likeness (QED) is 0.572. The number of rotatable bonds is 5. The fourth-order valence-corrected chi connectivity index (χ4v) is 2.87. The molecule has 132 valence electrons. The summed E-state index contributed by atoms with van der Waals surface area (Å²) < 4.78 is 7.49. The molecule has 4 rings (SSSR count). The van der Waals surface area contributed by atoms with E-state index in [0.29, 0.717) is 35.7 Å². The third kappa shape index (κ3) is 3.44. The van der Waals surface area contributed by atoms with E-state index in [2.05, 4.69) is 16.5 Å². The Morgan fingerprint density at radius 3 is 2.70 bits per heavy atom. The molecular formula is C21H16N4O2. The van der Waals surface area contributed by atoms with Gasteiger partial charge in [0.05, 0.1) is 24.6 Å². The minimum atomic E-state index is -0.278. The van der Waals surface area contributed by atoms with Crippen molar-refractivity contribution in [2.75, 3.05) is 5.32 Å². The van der Waals surface area contributed by atoms with Crippen molar-refractivity contribution in [2.45, 2.75) is 13.0 Å². The van der Waals surface area contributed by atoms with E-state index in [1.165, 1.54) is 0 Å². The van der Waals surface area contributed by atoms with Crippen molar-refractivity contribution < 1.29 is 9.21 Å². The first-order valence-electron chi connectivity index (χ1n) is 8.54. The van der Waals surface area contributed by atoms with Gasteiger partial charge in [-0.2, -0.15) is 10.4 Å². The minimum Gasteiger partial charge on any atom is -0.454 e. The van der Waals surface area contributed by atoms with Crippen LogP contribution in [0.25, 0.3) is 22.4 Å². The van der Waals surface area contributed by atoms with Gasteiger partial charge in [-0.1, -0.05) is 36.4 Å². The lowest BCUT2D eigenvalue weighted by molar-refractivity contribution is 0.102. The van der Waals surface area contributed by atoms with Gasteiger partial charge in [0.15, 0.2) is 5.76 Å². The number of nitriles is 1. The zero-order chi connectivity index (χ0) is 18.6. The zero-order valence-electron chi connectivity index (χ0n) is 14.4.